The van der Waals surface area contributed by atoms with Crippen molar-refractivity contribution in [2.24, 2.45) is 0 Å². The summed E-state index contributed by atoms with van der Waals surface area (Å²) in [5, 5.41) is 9.13. The van der Waals surface area contributed by atoms with Crippen LogP contribution in [0.25, 0.3) is 0 Å². The molecule has 0 bridgehead atoms. The SMILES string of the molecule is C=CCN(C(C)(C)C)S(=O)(=O)c1cc(C(=O)O)n(CC)c1. The smallest absolute Gasteiger partial charge is 0.352 e. The molecule has 1 aromatic rings. The highest BCUT2D eigenvalue weighted by molar-refractivity contribution is 7.89. The lowest BCUT2D eigenvalue weighted by atomic mass is 10.1. The molecule has 1 rings (SSSR count). The Hall–Kier alpha value is -1.60. The quantitative estimate of drug-likeness (QED) is 0.816. The second-order valence-electron chi connectivity index (χ2n) is 5.65. The van der Waals surface area contributed by atoms with Gasteiger partial charge in [0.15, 0.2) is 0 Å². The molecule has 0 aromatic carbocycles. The number of aromatic nitrogens is 1. The minimum absolute atomic E-state index is 0.0153. The second-order valence-corrected chi connectivity index (χ2v) is 7.51. The first-order chi connectivity index (χ1) is 9.55. The van der Waals surface area contributed by atoms with Crippen molar-refractivity contribution in [1.29, 1.82) is 0 Å². The Morgan fingerprint density at radius 3 is 2.38 bits per heavy atom. The zero-order valence-corrected chi connectivity index (χ0v) is 13.6. The maximum atomic E-state index is 12.7. The Balaban J connectivity index is 3.42. The van der Waals surface area contributed by atoms with Crippen LogP contribution in [0.3, 0.4) is 0 Å². The van der Waals surface area contributed by atoms with Gasteiger partial charge in [-0.25, -0.2) is 13.2 Å². The van der Waals surface area contributed by atoms with Crippen molar-refractivity contribution in [3.05, 3.63) is 30.6 Å². The van der Waals surface area contributed by atoms with E-state index in [9.17, 15) is 13.2 Å². The van der Waals surface area contributed by atoms with Gasteiger partial charge >= 0.3 is 5.97 Å². The Bertz CT molecular complexity index is 638. The first kappa shape index (κ1) is 17.5. The molecule has 0 amide bonds. The van der Waals surface area contributed by atoms with Crippen molar-refractivity contribution in [1.82, 2.24) is 8.87 Å². The summed E-state index contributed by atoms with van der Waals surface area (Å²) in [6, 6.07) is 1.20. The maximum absolute atomic E-state index is 12.7. The molecule has 0 aliphatic heterocycles. The fourth-order valence-electron chi connectivity index (χ4n) is 2.04. The number of nitrogens with zero attached hydrogens (tertiary/aromatic N) is 2. The van der Waals surface area contributed by atoms with E-state index in [1.165, 1.54) is 27.2 Å². The van der Waals surface area contributed by atoms with Crippen molar-refractivity contribution in [3.63, 3.8) is 0 Å². The summed E-state index contributed by atoms with van der Waals surface area (Å²) in [4.78, 5) is 11.2. The van der Waals surface area contributed by atoms with Crippen molar-refractivity contribution >= 4 is 16.0 Å². The van der Waals surface area contributed by atoms with Gasteiger partial charge in [-0.1, -0.05) is 6.08 Å². The van der Waals surface area contributed by atoms with Gasteiger partial charge in [-0.05, 0) is 33.8 Å². The Labute approximate surface area is 125 Å². The van der Waals surface area contributed by atoms with Crippen LogP contribution in [0.2, 0.25) is 0 Å². The van der Waals surface area contributed by atoms with E-state index in [2.05, 4.69) is 6.58 Å². The molecular weight excluding hydrogens is 292 g/mol. The summed E-state index contributed by atoms with van der Waals surface area (Å²) < 4.78 is 28.2. The zero-order valence-electron chi connectivity index (χ0n) is 12.8. The zero-order chi connectivity index (χ0) is 16.4. The number of carboxylic acids is 1. The van der Waals surface area contributed by atoms with Gasteiger partial charge in [0.05, 0.1) is 0 Å². The third-order valence-corrected chi connectivity index (χ3v) is 5.16. The molecule has 0 aliphatic rings. The minimum atomic E-state index is -3.79. The number of hydrogen-bond donors (Lipinski definition) is 1. The van der Waals surface area contributed by atoms with Crippen LogP contribution in [0.5, 0.6) is 0 Å². The molecule has 0 atom stereocenters. The molecular formula is C14H22N2O4S. The maximum Gasteiger partial charge on any atom is 0.352 e. The highest BCUT2D eigenvalue weighted by atomic mass is 32.2. The Morgan fingerprint density at radius 2 is 2.05 bits per heavy atom. The summed E-state index contributed by atoms with van der Waals surface area (Å²) in [6.45, 7) is 11.2. The van der Waals surface area contributed by atoms with Gasteiger partial charge in [-0.15, -0.1) is 6.58 Å². The van der Waals surface area contributed by atoms with Gasteiger partial charge in [0.1, 0.15) is 10.6 Å². The van der Waals surface area contributed by atoms with Gasteiger partial charge in [0.2, 0.25) is 10.0 Å². The molecule has 0 saturated heterocycles. The summed E-state index contributed by atoms with van der Waals surface area (Å²) >= 11 is 0. The molecule has 0 spiro atoms. The van der Waals surface area contributed by atoms with E-state index in [0.29, 0.717) is 6.54 Å². The first-order valence-corrected chi connectivity index (χ1v) is 8.07. The average molecular weight is 314 g/mol. The van der Waals surface area contributed by atoms with Crippen LogP contribution in [-0.2, 0) is 16.6 Å². The standard InChI is InChI=1S/C14H22N2O4S/c1-6-8-16(14(3,4)5)21(19,20)11-9-12(13(17)18)15(7-2)10-11/h6,9-10H,1,7-8H2,2-5H3,(H,17,18). The fourth-order valence-corrected chi connectivity index (χ4v) is 3.84. The molecule has 1 N–H and O–H groups in total. The summed E-state index contributed by atoms with van der Waals surface area (Å²) in [6.07, 6.45) is 2.87. The summed E-state index contributed by atoms with van der Waals surface area (Å²) in [5.74, 6) is -1.15. The molecule has 0 fully saturated rings. The topological polar surface area (TPSA) is 79.6 Å². The van der Waals surface area contributed by atoms with E-state index in [1.54, 1.807) is 27.7 Å². The lowest BCUT2D eigenvalue weighted by molar-refractivity contribution is 0.0685. The summed E-state index contributed by atoms with van der Waals surface area (Å²) in [5.41, 5.74) is -0.673. The Kier molecular flexibility index (Phi) is 5.01. The van der Waals surface area contributed by atoms with Crippen molar-refractivity contribution in [3.8, 4) is 0 Å². The molecule has 1 aromatic heterocycles. The summed E-state index contributed by atoms with van der Waals surface area (Å²) in [7, 11) is -3.79. The highest BCUT2D eigenvalue weighted by Crippen LogP contribution is 2.26. The van der Waals surface area contributed by atoms with E-state index in [0.717, 1.165) is 0 Å². The van der Waals surface area contributed by atoms with E-state index >= 15 is 0 Å². The van der Waals surface area contributed by atoms with Crippen molar-refractivity contribution in [2.45, 2.75) is 44.7 Å². The Morgan fingerprint density at radius 1 is 1.48 bits per heavy atom. The number of rotatable bonds is 6. The minimum Gasteiger partial charge on any atom is -0.477 e. The van der Waals surface area contributed by atoms with Crippen LogP contribution >= 0.6 is 0 Å². The van der Waals surface area contributed by atoms with Crippen LogP contribution < -0.4 is 0 Å². The third kappa shape index (κ3) is 3.54. The molecule has 0 saturated carbocycles. The van der Waals surface area contributed by atoms with Crippen LogP contribution in [-0.4, -0.2) is 40.4 Å². The van der Waals surface area contributed by atoms with Crippen molar-refractivity contribution < 1.29 is 18.3 Å². The molecule has 0 radical (unpaired) electrons. The lowest BCUT2D eigenvalue weighted by Gasteiger charge is -2.33. The predicted molar refractivity (Wildman–Crippen MR) is 80.9 cm³/mol. The molecule has 21 heavy (non-hydrogen) atoms. The van der Waals surface area contributed by atoms with Gasteiger partial charge in [-0.2, -0.15) is 4.31 Å². The fraction of sp³-hybridized carbons (Fsp3) is 0.500. The van der Waals surface area contributed by atoms with Crippen LogP contribution in [0.4, 0.5) is 0 Å². The van der Waals surface area contributed by atoms with Gasteiger partial charge in [0.25, 0.3) is 0 Å². The van der Waals surface area contributed by atoms with E-state index in [-0.39, 0.29) is 17.1 Å². The lowest BCUT2D eigenvalue weighted by Crippen LogP contribution is -2.45. The normalized spacial score (nSPS) is 12.6. The molecule has 118 valence electrons. The number of carbonyl (C=O) groups is 1. The van der Waals surface area contributed by atoms with Gasteiger partial charge < -0.3 is 9.67 Å². The average Bonchev–Trinajstić information content (AvgIpc) is 2.79. The largest absolute Gasteiger partial charge is 0.477 e. The number of aromatic carboxylic acids is 1. The van der Waals surface area contributed by atoms with E-state index < -0.39 is 21.5 Å². The number of sulfonamides is 1. The van der Waals surface area contributed by atoms with Crippen LogP contribution in [0, 0.1) is 0 Å². The number of hydrogen-bond acceptors (Lipinski definition) is 3. The molecule has 0 aliphatic carbocycles. The number of aryl methyl sites for hydroxylation is 1. The van der Waals surface area contributed by atoms with Gasteiger partial charge in [-0.3, -0.25) is 0 Å². The van der Waals surface area contributed by atoms with E-state index in [4.69, 9.17) is 5.11 Å². The molecule has 6 nitrogen and oxygen atoms in total. The highest BCUT2D eigenvalue weighted by Gasteiger charge is 2.34. The molecule has 0 unspecified atom stereocenters. The first-order valence-electron chi connectivity index (χ1n) is 6.63. The van der Waals surface area contributed by atoms with Crippen LogP contribution in [0.1, 0.15) is 38.2 Å². The van der Waals surface area contributed by atoms with Gasteiger partial charge in [0, 0.05) is 24.8 Å². The van der Waals surface area contributed by atoms with Crippen LogP contribution in [0.15, 0.2) is 29.8 Å². The number of carboxylic acid groups (broad SMARTS) is 1. The second kappa shape index (κ2) is 6.03. The monoisotopic (exact) mass is 314 g/mol. The molecule has 1 heterocycles. The van der Waals surface area contributed by atoms with Crippen molar-refractivity contribution in [2.75, 3.05) is 6.54 Å². The predicted octanol–water partition coefficient (Wildman–Crippen LogP) is 2.18. The molecule has 7 heteroatoms. The van der Waals surface area contributed by atoms with E-state index in [1.807, 2.05) is 0 Å². The third-order valence-electron chi connectivity index (χ3n) is 3.06.